The number of hydrogen-bond donors (Lipinski definition) is 1. The van der Waals surface area contributed by atoms with Crippen LogP contribution in [0.2, 0.25) is 0 Å². The molecule has 1 amide bonds. The topological polar surface area (TPSA) is 55.1 Å². The summed E-state index contributed by atoms with van der Waals surface area (Å²) < 4.78 is 5.48. The Morgan fingerprint density at radius 3 is 2.73 bits per heavy atom. The van der Waals surface area contributed by atoms with Crippen LogP contribution in [0.4, 0.5) is 5.69 Å². The van der Waals surface area contributed by atoms with Gasteiger partial charge in [0, 0.05) is 17.2 Å². The number of nitrogens with one attached hydrogen (secondary N) is 1. The van der Waals surface area contributed by atoms with Gasteiger partial charge < -0.3 is 9.73 Å². The SMILES string of the molecule is Cc1coc(-c2cc(NC(=O)C(C)C3CCC3)ccc2C)n1. The van der Waals surface area contributed by atoms with Crippen LogP contribution in [-0.4, -0.2) is 10.9 Å². The largest absolute Gasteiger partial charge is 0.444 e. The second kappa shape index (κ2) is 5.95. The number of oxazole rings is 1. The number of anilines is 1. The number of rotatable bonds is 4. The summed E-state index contributed by atoms with van der Waals surface area (Å²) in [6.07, 6.45) is 5.23. The highest BCUT2D eigenvalue weighted by Crippen LogP contribution is 2.34. The minimum Gasteiger partial charge on any atom is -0.444 e. The molecule has 0 spiro atoms. The summed E-state index contributed by atoms with van der Waals surface area (Å²) in [5.74, 6) is 1.31. The zero-order valence-electron chi connectivity index (χ0n) is 13.3. The van der Waals surface area contributed by atoms with Gasteiger partial charge in [0.15, 0.2) is 0 Å². The van der Waals surface area contributed by atoms with Crippen LogP contribution in [-0.2, 0) is 4.79 Å². The predicted molar refractivity (Wildman–Crippen MR) is 86.5 cm³/mol. The van der Waals surface area contributed by atoms with Crippen molar-refractivity contribution in [3.8, 4) is 11.5 Å². The molecule has 1 atom stereocenters. The molecule has 1 fully saturated rings. The minimum absolute atomic E-state index is 0.0717. The van der Waals surface area contributed by atoms with E-state index in [1.807, 2.05) is 39.0 Å². The molecule has 0 saturated heterocycles. The summed E-state index contributed by atoms with van der Waals surface area (Å²) in [5.41, 5.74) is 3.64. The molecular weight excluding hydrogens is 276 g/mol. The summed E-state index contributed by atoms with van der Waals surface area (Å²) in [7, 11) is 0. The Morgan fingerprint density at radius 2 is 2.14 bits per heavy atom. The number of carbonyl (C=O) groups excluding carboxylic acids is 1. The highest BCUT2D eigenvalue weighted by Gasteiger charge is 2.28. The highest BCUT2D eigenvalue weighted by atomic mass is 16.3. The van der Waals surface area contributed by atoms with E-state index < -0.39 is 0 Å². The third-order valence-electron chi connectivity index (χ3n) is 4.63. The summed E-state index contributed by atoms with van der Waals surface area (Å²) in [4.78, 5) is 16.7. The molecule has 2 aromatic rings. The first kappa shape index (κ1) is 14.8. The maximum atomic E-state index is 12.3. The lowest BCUT2D eigenvalue weighted by atomic mass is 9.76. The molecule has 0 bridgehead atoms. The van der Waals surface area contributed by atoms with Crippen molar-refractivity contribution in [3.63, 3.8) is 0 Å². The van der Waals surface area contributed by atoms with Crippen molar-refractivity contribution in [2.24, 2.45) is 11.8 Å². The van der Waals surface area contributed by atoms with Gasteiger partial charge in [-0.3, -0.25) is 4.79 Å². The van der Waals surface area contributed by atoms with E-state index in [9.17, 15) is 4.79 Å². The molecule has 0 radical (unpaired) electrons. The molecule has 1 aliphatic carbocycles. The van der Waals surface area contributed by atoms with E-state index in [4.69, 9.17) is 4.42 Å². The van der Waals surface area contributed by atoms with Gasteiger partial charge in [-0.25, -0.2) is 4.98 Å². The zero-order valence-corrected chi connectivity index (χ0v) is 13.3. The molecule has 1 N–H and O–H groups in total. The molecule has 1 saturated carbocycles. The fourth-order valence-corrected chi connectivity index (χ4v) is 2.82. The number of aryl methyl sites for hydroxylation is 2. The monoisotopic (exact) mass is 298 g/mol. The Kier molecular flexibility index (Phi) is 4.01. The molecule has 1 aliphatic rings. The van der Waals surface area contributed by atoms with E-state index >= 15 is 0 Å². The van der Waals surface area contributed by atoms with Gasteiger partial charge in [0.25, 0.3) is 0 Å². The van der Waals surface area contributed by atoms with Crippen molar-refractivity contribution < 1.29 is 9.21 Å². The number of amides is 1. The smallest absolute Gasteiger partial charge is 0.227 e. The molecule has 4 nitrogen and oxygen atoms in total. The van der Waals surface area contributed by atoms with Gasteiger partial charge in [-0.1, -0.05) is 19.4 Å². The molecular formula is C18H22N2O2. The summed E-state index contributed by atoms with van der Waals surface area (Å²) >= 11 is 0. The lowest BCUT2D eigenvalue weighted by Gasteiger charge is -2.30. The lowest BCUT2D eigenvalue weighted by Crippen LogP contribution is -2.30. The van der Waals surface area contributed by atoms with Crippen LogP contribution in [0.5, 0.6) is 0 Å². The van der Waals surface area contributed by atoms with Crippen molar-refractivity contribution in [1.29, 1.82) is 0 Å². The Bertz CT molecular complexity index is 686. The fraction of sp³-hybridized carbons (Fsp3) is 0.444. The number of aromatic nitrogens is 1. The Hall–Kier alpha value is -2.10. The average Bonchev–Trinajstić information content (AvgIpc) is 2.85. The third kappa shape index (κ3) is 2.91. The van der Waals surface area contributed by atoms with E-state index in [1.54, 1.807) is 6.26 Å². The molecule has 1 heterocycles. The Balaban J connectivity index is 1.78. The van der Waals surface area contributed by atoms with Crippen LogP contribution < -0.4 is 5.32 Å². The predicted octanol–water partition coefficient (Wildman–Crippen LogP) is 4.33. The van der Waals surface area contributed by atoms with E-state index in [1.165, 1.54) is 19.3 Å². The number of carbonyl (C=O) groups is 1. The number of nitrogens with zero attached hydrogens (tertiary/aromatic N) is 1. The molecule has 0 aliphatic heterocycles. The lowest BCUT2D eigenvalue weighted by molar-refractivity contribution is -0.121. The summed E-state index contributed by atoms with van der Waals surface area (Å²) in [5, 5.41) is 3.03. The molecule has 1 unspecified atom stereocenters. The maximum Gasteiger partial charge on any atom is 0.227 e. The zero-order chi connectivity index (χ0) is 15.7. The number of benzene rings is 1. The summed E-state index contributed by atoms with van der Waals surface area (Å²) in [6.45, 7) is 5.93. The van der Waals surface area contributed by atoms with Crippen LogP contribution in [0.15, 0.2) is 28.9 Å². The van der Waals surface area contributed by atoms with Crippen LogP contribution in [0, 0.1) is 25.7 Å². The molecule has 116 valence electrons. The summed E-state index contributed by atoms with van der Waals surface area (Å²) in [6, 6.07) is 5.85. The van der Waals surface area contributed by atoms with Crippen LogP contribution in [0.1, 0.15) is 37.4 Å². The van der Waals surface area contributed by atoms with Gasteiger partial charge in [-0.2, -0.15) is 0 Å². The normalized spacial score (nSPS) is 16.1. The Labute approximate surface area is 130 Å². The third-order valence-corrected chi connectivity index (χ3v) is 4.63. The molecule has 1 aromatic heterocycles. The van der Waals surface area contributed by atoms with Crippen molar-refractivity contribution >= 4 is 11.6 Å². The first-order valence-electron chi connectivity index (χ1n) is 7.88. The van der Waals surface area contributed by atoms with E-state index in [2.05, 4.69) is 10.3 Å². The molecule has 22 heavy (non-hydrogen) atoms. The molecule has 3 rings (SSSR count). The van der Waals surface area contributed by atoms with Crippen molar-refractivity contribution in [2.45, 2.75) is 40.0 Å². The Morgan fingerprint density at radius 1 is 1.36 bits per heavy atom. The first-order valence-corrected chi connectivity index (χ1v) is 7.88. The average molecular weight is 298 g/mol. The van der Waals surface area contributed by atoms with E-state index in [0.717, 1.165) is 22.5 Å². The van der Waals surface area contributed by atoms with Crippen LogP contribution >= 0.6 is 0 Å². The highest BCUT2D eigenvalue weighted by molar-refractivity contribution is 5.93. The van der Waals surface area contributed by atoms with Gasteiger partial charge in [-0.05, 0) is 50.3 Å². The van der Waals surface area contributed by atoms with Crippen LogP contribution in [0.3, 0.4) is 0 Å². The maximum absolute atomic E-state index is 12.3. The van der Waals surface area contributed by atoms with Crippen molar-refractivity contribution in [1.82, 2.24) is 4.98 Å². The first-order chi connectivity index (χ1) is 10.5. The molecule has 1 aromatic carbocycles. The van der Waals surface area contributed by atoms with Crippen LogP contribution in [0.25, 0.3) is 11.5 Å². The van der Waals surface area contributed by atoms with Crippen molar-refractivity contribution in [3.05, 3.63) is 35.7 Å². The second-order valence-corrected chi connectivity index (χ2v) is 6.29. The van der Waals surface area contributed by atoms with E-state index in [0.29, 0.717) is 11.8 Å². The van der Waals surface area contributed by atoms with Gasteiger partial charge in [0.1, 0.15) is 6.26 Å². The second-order valence-electron chi connectivity index (χ2n) is 6.29. The van der Waals surface area contributed by atoms with Gasteiger partial charge >= 0.3 is 0 Å². The van der Waals surface area contributed by atoms with Crippen molar-refractivity contribution in [2.75, 3.05) is 5.32 Å². The fourth-order valence-electron chi connectivity index (χ4n) is 2.82. The van der Waals surface area contributed by atoms with Gasteiger partial charge in [0.05, 0.1) is 5.69 Å². The standard InChI is InChI=1S/C18H22N2O2/c1-11-7-8-15(9-16(11)18-19-12(2)10-22-18)20-17(21)13(3)14-5-4-6-14/h7-10,13-14H,4-6H2,1-3H3,(H,20,21). The van der Waals surface area contributed by atoms with Gasteiger partial charge in [0.2, 0.25) is 11.8 Å². The van der Waals surface area contributed by atoms with E-state index in [-0.39, 0.29) is 11.8 Å². The van der Waals surface area contributed by atoms with Gasteiger partial charge in [-0.15, -0.1) is 0 Å². The quantitative estimate of drug-likeness (QED) is 0.913. The number of hydrogen-bond acceptors (Lipinski definition) is 3. The molecule has 4 heteroatoms. The minimum atomic E-state index is 0.0717.